The topological polar surface area (TPSA) is 139 Å². The third-order valence-corrected chi connectivity index (χ3v) is 2.92. The fourth-order valence-corrected chi connectivity index (χ4v) is 1.85. The number of carbonyl (C=O) groups excluding carboxylic acids is 2. The van der Waals surface area contributed by atoms with Gasteiger partial charge in [0.05, 0.1) is 6.42 Å². The minimum atomic E-state index is -1.21. The molecule has 0 aromatic heterocycles. The Morgan fingerprint density at radius 1 is 1.36 bits per heavy atom. The molecule has 6 N–H and O–H groups in total. The summed E-state index contributed by atoms with van der Waals surface area (Å²) in [5.74, 6) is -1.97. The second-order valence-electron chi connectivity index (χ2n) is 4.39. The first-order valence-electron chi connectivity index (χ1n) is 6.24. The summed E-state index contributed by atoms with van der Waals surface area (Å²) < 4.78 is 0. The summed E-state index contributed by atoms with van der Waals surface area (Å²) in [6.45, 7) is 0.322. The summed E-state index contributed by atoms with van der Waals surface area (Å²) in [6.07, 6.45) is -0.310. The van der Waals surface area contributed by atoms with Crippen molar-refractivity contribution >= 4 is 40.8 Å². The Hall–Kier alpha value is -2.52. The fraction of sp³-hybridized carbons (Fsp3) is 0.231. The van der Waals surface area contributed by atoms with Crippen LogP contribution in [0, 0.1) is 0 Å². The number of amides is 2. The lowest BCUT2D eigenvalue weighted by Gasteiger charge is -2.14. The van der Waals surface area contributed by atoms with E-state index in [-0.39, 0.29) is 12.3 Å². The van der Waals surface area contributed by atoms with Crippen LogP contribution in [0.1, 0.15) is 6.42 Å². The van der Waals surface area contributed by atoms with E-state index in [1.165, 1.54) is 0 Å². The number of anilines is 1. The van der Waals surface area contributed by atoms with Gasteiger partial charge in [-0.3, -0.25) is 14.4 Å². The number of benzene rings is 1. The molecule has 1 aliphatic rings. The minimum Gasteiger partial charge on any atom is -0.480 e. The van der Waals surface area contributed by atoms with E-state index in [4.69, 9.17) is 23.1 Å². The van der Waals surface area contributed by atoms with Crippen LogP contribution in [-0.2, 0) is 14.4 Å². The lowest BCUT2D eigenvalue weighted by atomic mass is 10.2. The molecule has 1 saturated heterocycles. The summed E-state index contributed by atoms with van der Waals surface area (Å²) >= 11 is 4.99. The zero-order chi connectivity index (χ0) is 16.7. The smallest absolute Gasteiger partial charge is 0.321 e. The number of primary amides is 1. The fourth-order valence-electron chi connectivity index (χ4n) is 1.56. The van der Waals surface area contributed by atoms with Crippen molar-refractivity contribution in [2.75, 3.05) is 11.4 Å². The summed E-state index contributed by atoms with van der Waals surface area (Å²) in [4.78, 5) is 32.7. The summed E-state index contributed by atoms with van der Waals surface area (Å²) in [6, 6.07) is 8.45. The predicted octanol–water partition coefficient (Wildman–Crippen LogP) is -0.819. The molecule has 1 heterocycles. The maximum Gasteiger partial charge on any atom is 0.321 e. The number of carboxylic acid groups (broad SMARTS) is 1. The van der Waals surface area contributed by atoms with E-state index in [1.54, 1.807) is 4.90 Å². The SMILES string of the molecule is NC(=O)C[C@H](N)C(=O)O.O=C1CN(c2ccccc2)C(=S)N1. The van der Waals surface area contributed by atoms with E-state index in [0.717, 1.165) is 5.69 Å². The maximum absolute atomic E-state index is 11.0. The van der Waals surface area contributed by atoms with Crippen molar-refractivity contribution in [1.82, 2.24) is 5.32 Å². The highest BCUT2D eigenvalue weighted by molar-refractivity contribution is 7.80. The van der Waals surface area contributed by atoms with Crippen LogP contribution >= 0.6 is 12.2 Å². The highest BCUT2D eigenvalue weighted by Gasteiger charge is 2.23. The van der Waals surface area contributed by atoms with E-state index in [9.17, 15) is 14.4 Å². The highest BCUT2D eigenvalue weighted by Crippen LogP contribution is 2.15. The minimum absolute atomic E-state index is 0.0474. The van der Waals surface area contributed by atoms with Gasteiger partial charge in [0, 0.05) is 5.69 Å². The molecule has 9 heteroatoms. The number of aliphatic carboxylic acids is 1. The molecule has 0 radical (unpaired) electrons. The Morgan fingerprint density at radius 3 is 2.32 bits per heavy atom. The molecule has 1 fully saturated rings. The van der Waals surface area contributed by atoms with Crippen LogP contribution in [0.15, 0.2) is 30.3 Å². The number of para-hydroxylation sites is 1. The Morgan fingerprint density at radius 2 is 1.95 bits per heavy atom. The van der Waals surface area contributed by atoms with Crippen LogP contribution in [-0.4, -0.2) is 40.6 Å². The van der Waals surface area contributed by atoms with E-state index >= 15 is 0 Å². The highest BCUT2D eigenvalue weighted by atomic mass is 32.1. The van der Waals surface area contributed by atoms with Crippen LogP contribution in [0.4, 0.5) is 5.69 Å². The van der Waals surface area contributed by atoms with Crippen molar-refractivity contribution in [2.45, 2.75) is 12.5 Å². The van der Waals surface area contributed by atoms with Crippen molar-refractivity contribution in [2.24, 2.45) is 11.5 Å². The van der Waals surface area contributed by atoms with Gasteiger partial charge in [0.25, 0.3) is 0 Å². The van der Waals surface area contributed by atoms with Gasteiger partial charge in [-0.05, 0) is 24.4 Å². The first kappa shape index (κ1) is 17.5. The molecule has 0 unspecified atom stereocenters. The Kier molecular flexibility index (Phi) is 6.42. The van der Waals surface area contributed by atoms with E-state index in [2.05, 4.69) is 11.1 Å². The molecular weight excluding hydrogens is 308 g/mol. The number of hydrogen-bond acceptors (Lipinski definition) is 5. The Labute approximate surface area is 132 Å². The van der Waals surface area contributed by atoms with Gasteiger partial charge < -0.3 is 26.8 Å². The van der Waals surface area contributed by atoms with Crippen LogP contribution in [0.2, 0.25) is 0 Å². The van der Waals surface area contributed by atoms with E-state index < -0.39 is 17.9 Å². The number of nitrogens with two attached hydrogens (primary N) is 2. The number of nitrogens with zero attached hydrogens (tertiary/aromatic N) is 1. The number of hydrogen-bond donors (Lipinski definition) is 4. The molecule has 0 saturated carbocycles. The largest absolute Gasteiger partial charge is 0.480 e. The Balaban J connectivity index is 0.000000239. The molecule has 22 heavy (non-hydrogen) atoms. The molecule has 118 valence electrons. The molecule has 2 amide bonds. The van der Waals surface area contributed by atoms with Crippen molar-refractivity contribution in [3.05, 3.63) is 30.3 Å². The van der Waals surface area contributed by atoms with Gasteiger partial charge in [-0.25, -0.2) is 0 Å². The number of carboxylic acids is 1. The standard InChI is InChI=1S/C9H8N2OS.C4H8N2O3/c12-8-6-11(9(13)10-8)7-4-2-1-3-5-7;5-2(4(8)9)1-3(6)7/h1-5H,6H2,(H,10,12,13);2H,1,5H2,(H2,6,7)(H,8,9)/t;2-/m.0/s1. The molecule has 8 nitrogen and oxygen atoms in total. The second kappa shape index (κ2) is 8.05. The van der Waals surface area contributed by atoms with Crippen molar-refractivity contribution in [3.8, 4) is 0 Å². The number of thiocarbonyl (C=S) groups is 1. The van der Waals surface area contributed by atoms with E-state index in [1.807, 2.05) is 30.3 Å². The monoisotopic (exact) mass is 324 g/mol. The molecule has 1 aromatic rings. The van der Waals surface area contributed by atoms with Gasteiger partial charge in [0.1, 0.15) is 12.6 Å². The Bertz CT molecular complexity index is 579. The number of carbonyl (C=O) groups is 3. The van der Waals surface area contributed by atoms with Crippen LogP contribution in [0.5, 0.6) is 0 Å². The molecule has 1 aliphatic heterocycles. The molecule has 2 rings (SSSR count). The molecular formula is C13H16N4O4S. The third kappa shape index (κ3) is 5.46. The third-order valence-electron chi connectivity index (χ3n) is 2.60. The maximum atomic E-state index is 11.0. The van der Waals surface area contributed by atoms with Crippen molar-refractivity contribution in [3.63, 3.8) is 0 Å². The second-order valence-corrected chi connectivity index (χ2v) is 4.78. The average molecular weight is 324 g/mol. The molecule has 0 spiro atoms. The molecule has 1 atom stereocenters. The zero-order valence-corrected chi connectivity index (χ0v) is 12.4. The van der Waals surface area contributed by atoms with Gasteiger partial charge in [0.2, 0.25) is 11.8 Å². The summed E-state index contributed by atoms with van der Waals surface area (Å²) in [7, 11) is 0. The number of rotatable bonds is 4. The van der Waals surface area contributed by atoms with Gasteiger partial charge in [-0.2, -0.15) is 0 Å². The van der Waals surface area contributed by atoms with Crippen LogP contribution < -0.4 is 21.7 Å². The van der Waals surface area contributed by atoms with Crippen molar-refractivity contribution in [1.29, 1.82) is 0 Å². The predicted molar refractivity (Wildman–Crippen MR) is 84.0 cm³/mol. The van der Waals surface area contributed by atoms with Gasteiger partial charge >= 0.3 is 5.97 Å². The number of nitrogens with one attached hydrogen (secondary N) is 1. The molecule has 0 aliphatic carbocycles. The molecule has 1 aromatic carbocycles. The normalized spacial score (nSPS) is 14.7. The first-order valence-corrected chi connectivity index (χ1v) is 6.65. The zero-order valence-electron chi connectivity index (χ0n) is 11.6. The first-order chi connectivity index (χ1) is 10.3. The summed E-state index contributed by atoms with van der Waals surface area (Å²) in [5, 5.41) is 11.2. The van der Waals surface area contributed by atoms with Crippen LogP contribution in [0.3, 0.4) is 0 Å². The van der Waals surface area contributed by atoms with E-state index in [0.29, 0.717) is 11.7 Å². The van der Waals surface area contributed by atoms with Gasteiger partial charge in [0.15, 0.2) is 5.11 Å². The van der Waals surface area contributed by atoms with Gasteiger partial charge in [-0.15, -0.1) is 0 Å². The lowest BCUT2D eigenvalue weighted by molar-refractivity contribution is -0.140. The average Bonchev–Trinajstić information content (AvgIpc) is 2.78. The molecule has 0 bridgehead atoms. The van der Waals surface area contributed by atoms with Gasteiger partial charge in [-0.1, -0.05) is 18.2 Å². The quantitative estimate of drug-likeness (QED) is 0.531. The summed E-state index contributed by atoms with van der Waals surface area (Å²) in [5.41, 5.74) is 10.5. The van der Waals surface area contributed by atoms with Crippen molar-refractivity contribution < 1.29 is 19.5 Å². The van der Waals surface area contributed by atoms with Crippen LogP contribution in [0.25, 0.3) is 0 Å². The lowest BCUT2D eigenvalue weighted by Crippen LogP contribution is -2.34.